The predicted molar refractivity (Wildman–Crippen MR) is 81.7 cm³/mol. The van der Waals surface area contributed by atoms with Crippen LogP contribution in [0.1, 0.15) is 53.4 Å². The van der Waals surface area contributed by atoms with Crippen molar-refractivity contribution in [3.8, 4) is 0 Å². The summed E-state index contributed by atoms with van der Waals surface area (Å²) < 4.78 is 5.26. The van der Waals surface area contributed by atoms with Gasteiger partial charge in [0.15, 0.2) is 0 Å². The molecule has 5 nitrogen and oxygen atoms in total. The maximum atomic E-state index is 11.7. The van der Waals surface area contributed by atoms with Crippen LogP contribution in [-0.4, -0.2) is 48.3 Å². The van der Waals surface area contributed by atoms with Crippen LogP contribution in [0.4, 0.5) is 4.79 Å². The summed E-state index contributed by atoms with van der Waals surface area (Å²) in [7, 11) is 0. The number of carbonyl (C=O) groups is 1. The maximum Gasteiger partial charge on any atom is 0.407 e. The molecule has 0 bridgehead atoms. The molecule has 20 heavy (non-hydrogen) atoms. The third-order valence-electron chi connectivity index (χ3n) is 3.77. The summed E-state index contributed by atoms with van der Waals surface area (Å²) >= 11 is 0. The summed E-state index contributed by atoms with van der Waals surface area (Å²) in [5.74, 6) is 0. The number of amides is 1. The van der Waals surface area contributed by atoms with Crippen molar-refractivity contribution in [2.45, 2.75) is 71.1 Å². The predicted octanol–water partition coefficient (Wildman–Crippen LogP) is 2.10. The molecule has 1 aliphatic heterocycles. The molecule has 1 amide bonds. The van der Waals surface area contributed by atoms with Crippen LogP contribution < -0.4 is 11.1 Å². The minimum atomic E-state index is -0.459. The van der Waals surface area contributed by atoms with Crippen molar-refractivity contribution in [2.75, 3.05) is 19.6 Å². The molecule has 1 heterocycles. The zero-order chi connectivity index (χ0) is 15.2. The first-order chi connectivity index (χ1) is 9.37. The Balaban J connectivity index is 2.47. The van der Waals surface area contributed by atoms with Crippen LogP contribution in [0, 0.1) is 0 Å². The van der Waals surface area contributed by atoms with Gasteiger partial charge in [0, 0.05) is 25.2 Å². The number of nitrogens with zero attached hydrogens (tertiary/aromatic N) is 1. The highest BCUT2D eigenvalue weighted by Gasteiger charge is 2.27. The molecule has 1 rings (SSSR count). The van der Waals surface area contributed by atoms with E-state index in [4.69, 9.17) is 10.5 Å². The highest BCUT2D eigenvalue weighted by molar-refractivity contribution is 5.67. The zero-order valence-corrected chi connectivity index (χ0v) is 13.4. The van der Waals surface area contributed by atoms with E-state index < -0.39 is 5.60 Å². The Kier molecular flexibility index (Phi) is 6.76. The van der Waals surface area contributed by atoms with E-state index in [1.807, 2.05) is 20.8 Å². The Morgan fingerprint density at radius 3 is 2.70 bits per heavy atom. The van der Waals surface area contributed by atoms with Crippen molar-refractivity contribution in [3.63, 3.8) is 0 Å². The van der Waals surface area contributed by atoms with Gasteiger partial charge >= 0.3 is 6.09 Å². The summed E-state index contributed by atoms with van der Waals surface area (Å²) in [4.78, 5) is 14.2. The van der Waals surface area contributed by atoms with Crippen molar-refractivity contribution < 1.29 is 9.53 Å². The Morgan fingerprint density at radius 1 is 1.45 bits per heavy atom. The Labute approximate surface area is 123 Å². The number of nitrogens with two attached hydrogens (primary N) is 1. The van der Waals surface area contributed by atoms with Crippen molar-refractivity contribution in [1.29, 1.82) is 0 Å². The van der Waals surface area contributed by atoms with Crippen LogP contribution in [-0.2, 0) is 4.74 Å². The fourth-order valence-electron chi connectivity index (χ4n) is 2.79. The lowest BCUT2D eigenvalue weighted by Crippen LogP contribution is -2.54. The molecule has 1 saturated heterocycles. The van der Waals surface area contributed by atoms with E-state index >= 15 is 0 Å². The topological polar surface area (TPSA) is 67.6 Å². The van der Waals surface area contributed by atoms with Crippen molar-refractivity contribution in [2.24, 2.45) is 5.73 Å². The van der Waals surface area contributed by atoms with Gasteiger partial charge in [-0.15, -0.1) is 0 Å². The highest BCUT2D eigenvalue weighted by atomic mass is 16.6. The van der Waals surface area contributed by atoms with Gasteiger partial charge < -0.3 is 15.8 Å². The highest BCUT2D eigenvalue weighted by Crippen LogP contribution is 2.21. The summed E-state index contributed by atoms with van der Waals surface area (Å²) in [5.41, 5.74) is 5.44. The van der Waals surface area contributed by atoms with Gasteiger partial charge in [0.05, 0.1) is 0 Å². The molecule has 3 N–H and O–H groups in total. The fourth-order valence-corrected chi connectivity index (χ4v) is 2.79. The molecule has 2 unspecified atom stereocenters. The first-order valence-corrected chi connectivity index (χ1v) is 7.80. The van der Waals surface area contributed by atoms with E-state index in [1.54, 1.807) is 0 Å². The largest absolute Gasteiger partial charge is 0.444 e. The van der Waals surface area contributed by atoms with E-state index in [0.29, 0.717) is 19.1 Å². The average molecular weight is 285 g/mol. The zero-order valence-electron chi connectivity index (χ0n) is 13.4. The van der Waals surface area contributed by atoms with Crippen molar-refractivity contribution >= 4 is 6.09 Å². The van der Waals surface area contributed by atoms with Gasteiger partial charge in [0.25, 0.3) is 0 Å². The number of alkyl carbamates (subject to hydrolysis) is 1. The molecule has 0 aromatic carbocycles. The monoisotopic (exact) mass is 285 g/mol. The minimum absolute atomic E-state index is 0.202. The molecule has 0 aromatic rings. The molecule has 0 aliphatic carbocycles. The molecule has 0 aromatic heterocycles. The number of rotatable bonds is 5. The van der Waals surface area contributed by atoms with Crippen molar-refractivity contribution in [3.05, 3.63) is 0 Å². The van der Waals surface area contributed by atoms with Gasteiger partial charge in [-0.1, -0.05) is 13.3 Å². The molecule has 5 heteroatoms. The van der Waals surface area contributed by atoms with Gasteiger partial charge in [0.2, 0.25) is 0 Å². The van der Waals surface area contributed by atoms with Crippen LogP contribution in [0.25, 0.3) is 0 Å². The summed E-state index contributed by atoms with van der Waals surface area (Å²) in [5, 5.41) is 2.85. The first-order valence-electron chi connectivity index (χ1n) is 7.80. The van der Waals surface area contributed by atoms with Crippen LogP contribution >= 0.6 is 0 Å². The van der Waals surface area contributed by atoms with Crippen LogP contribution in [0.5, 0.6) is 0 Å². The second-order valence-electron chi connectivity index (χ2n) is 6.57. The quantitative estimate of drug-likeness (QED) is 0.812. The molecule has 1 aliphatic rings. The van der Waals surface area contributed by atoms with Crippen LogP contribution in [0.3, 0.4) is 0 Å². The second kappa shape index (κ2) is 7.84. The van der Waals surface area contributed by atoms with Crippen LogP contribution in [0.2, 0.25) is 0 Å². The smallest absolute Gasteiger partial charge is 0.407 e. The molecule has 1 fully saturated rings. The van der Waals surface area contributed by atoms with E-state index in [0.717, 1.165) is 13.0 Å². The molecule has 0 radical (unpaired) electrons. The molecule has 2 atom stereocenters. The molecule has 118 valence electrons. The number of carbonyl (C=O) groups excluding carboxylic acids is 1. The van der Waals surface area contributed by atoms with Crippen molar-refractivity contribution in [1.82, 2.24) is 10.2 Å². The summed E-state index contributed by atoms with van der Waals surface area (Å²) in [6.07, 6.45) is 4.54. The second-order valence-corrected chi connectivity index (χ2v) is 6.57. The molecular formula is C15H31N3O2. The maximum absolute atomic E-state index is 11.7. The number of likely N-dealkylation sites (tertiary alicyclic amines) is 1. The number of piperidine rings is 1. The number of ether oxygens (including phenoxy) is 1. The molecule has 0 spiro atoms. The summed E-state index contributed by atoms with van der Waals surface area (Å²) in [6.45, 7) is 10.0. The standard InChI is InChI=1S/C15H31N3O2/c1-5-12-8-6-7-9-18(12)13(10-16)11-17-14(19)20-15(2,3)4/h12-13H,5-11,16H2,1-4H3,(H,17,19). The van der Waals surface area contributed by atoms with E-state index in [9.17, 15) is 4.79 Å². The third-order valence-corrected chi connectivity index (χ3v) is 3.77. The Hall–Kier alpha value is -0.810. The Bertz CT molecular complexity index is 302. The van der Waals surface area contributed by atoms with Crippen LogP contribution in [0.15, 0.2) is 0 Å². The lowest BCUT2D eigenvalue weighted by Gasteiger charge is -2.40. The van der Waals surface area contributed by atoms with Gasteiger partial charge in [-0.2, -0.15) is 0 Å². The van der Waals surface area contributed by atoms with Gasteiger partial charge in [-0.05, 0) is 46.6 Å². The van der Waals surface area contributed by atoms with E-state index in [2.05, 4.69) is 17.1 Å². The van der Waals surface area contributed by atoms with Gasteiger partial charge in [-0.25, -0.2) is 4.79 Å². The normalized spacial score (nSPS) is 22.4. The average Bonchev–Trinajstić information content (AvgIpc) is 2.38. The lowest BCUT2D eigenvalue weighted by molar-refractivity contribution is 0.0475. The SMILES string of the molecule is CCC1CCCCN1C(CN)CNC(=O)OC(C)(C)C. The van der Waals surface area contributed by atoms with E-state index in [-0.39, 0.29) is 12.1 Å². The van der Waals surface area contributed by atoms with Gasteiger partial charge in [0.1, 0.15) is 5.60 Å². The third kappa shape index (κ3) is 5.67. The molecule has 0 saturated carbocycles. The summed E-state index contributed by atoms with van der Waals surface area (Å²) in [6, 6.07) is 0.797. The minimum Gasteiger partial charge on any atom is -0.444 e. The first kappa shape index (κ1) is 17.2. The number of hydrogen-bond acceptors (Lipinski definition) is 4. The number of nitrogens with one attached hydrogen (secondary N) is 1. The Morgan fingerprint density at radius 2 is 2.15 bits per heavy atom. The number of hydrogen-bond donors (Lipinski definition) is 2. The lowest BCUT2D eigenvalue weighted by atomic mass is 9.97. The van der Waals surface area contributed by atoms with Gasteiger partial charge in [-0.3, -0.25) is 4.90 Å². The molecular weight excluding hydrogens is 254 g/mol. The fraction of sp³-hybridized carbons (Fsp3) is 0.933. The van der Waals surface area contributed by atoms with E-state index in [1.165, 1.54) is 19.3 Å².